The molecule has 2 aliphatic heterocycles. The Hall–Kier alpha value is -2.94. The zero-order valence-electron chi connectivity index (χ0n) is 15.5. The standard InChI is InChI=1S/C21H17ClFNO6/c22-14-7-4-8-15(18(14)23)28-19(13-5-2-1-3-6-13)21-20(24-11-12-27-21)29-16(25)9-10-17(26)30-21/h1-10,19-20,24H,11-12H2/b10-9+/t19-,20?,21-/m0/s1. The van der Waals surface area contributed by atoms with Gasteiger partial charge in [0.05, 0.1) is 11.6 Å². The second-order valence-corrected chi connectivity index (χ2v) is 6.96. The van der Waals surface area contributed by atoms with Gasteiger partial charge in [-0.05, 0) is 17.7 Å². The van der Waals surface area contributed by atoms with Crippen molar-refractivity contribution in [3.63, 3.8) is 0 Å². The maximum atomic E-state index is 14.6. The zero-order valence-corrected chi connectivity index (χ0v) is 16.3. The number of esters is 2. The predicted octanol–water partition coefficient (Wildman–Crippen LogP) is 2.90. The molecule has 156 valence electrons. The molecule has 2 aromatic rings. The summed E-state index contributed by atoms with van der Waals surface area (Å²) < 4.78 is 37.5. The van der Waals surface area contributed by atoms with Crippen LogP contribution in [0.5, 0.6) is 5.75 Å². The van der Waals surface area contributed by atoms with Gasteiger partial charge in [-0.2, -0.15) is 0 Å². The zero-order chi connectivity index (χ0) is 21.1. The minimum Gasteiger partial charge on any atom is -0.475 e. The smallest absolute Gasteiger partial charge is 0.333 e. The van der Waals surface area contributed by atoms with Gasteiger partial charge in [0.2, 0.25) is 6.23 Å². The summed E-state index contributed by atoms with van der Waals surface area (Å²) in [6.07, 6.45) is -0.523. The molecular weight excluding hydrogens is 417 g/mol. The molecule has 9 heteroatoms. The number of carbonyl (C=O) groups is 2. The summed E-state index contributed by atoms with van der Waals surface area (Å²) >= 11 is 5.89. The van der Waals surface area contributed by atoms with Crippen LogP contribution >= 0.6 is 11.6 Å². The Bertz CT molecular complexity index is 985. The second kappa shape index (κ2) is 8.43. The topological polar surface area (TPSA) is 83.1 Å². The Kier molecular flexibility index (Phi) is 5.72. The Balaban J connectivity index is 1.85. The lowest BCUT2D eigenvalue weighted by atomic mass is 9.97. The number of hydrogen-bond acceptors (Lipinski definition) is 7. The molecule has 0 amide bonds. The number of nitrogens with one attached hydrogen (secondary N) is 1. The van der Waals surface area contributed by atoms with Crippen LogP contribution in [0, 0.1) is 5.82 Å². The summed E-state index contributed by atoms with van der Waals surface area (Å²) in [5.74, 6) is -4.49. The van der Waals surface area contributed by atoms with Gasteiger partial charge in [0.15, 0.2) is 17.7 Å². The average molecular weight is 434 g/mol. The van der Waals surface area contributed by atoms with Gasteiger partial charge in [-0.25, -0.2) is 14.0 Å². The Morgan fingerprint density at radius 2 is 1.87 bits per heavy atom. The van der Waals surface area contributed by atoms with Crippen LogP contribution in [-0.4, -0.2) is 37.1 Å². The lowest BCUT2D eigenvalue weighted by molar-refractivity contribution is -0.324. The highest BCUT2D eigenvalue weighted by Crippen LogP contribution is 2.41. The van der Waals surface area contributed by atoms with Crippen LogP contribution in [0.4, 0.5) is 4.39 Å². The third-order valence-corrected chi connectivity index (χ3v) is 4.90. The van der Waals surface area contributed by atoms with E-state index in [4.69, 9.17) is 30.5 Å². The lowest BCUT2D eigenvalue weighted by Crippen LogP contribution is -2.65. The molecule has 0 radical (unpaired) electrons. The van der Waals surface area contributed by atoms with E-state index in [-0.39, 0.29) is 17.4 Å². The molecule has 30 heavy (non-hydrogen) atoms. The first kappa shape index (κ1) is 20.3. The highest BCUT2D eigenvalue weighted by molar-refractivity contribution is 6.30. The molecule has 1 N–H and O–H groups in total. The number of hydrogen-bond donors (Lipinski definition) is 1. The SMILES string of the molecule is O=C1/C=C/C(=O)O[C@]2([C@@H](Oc3cccc(Cl)c3F)c3ccccc3)OCCNC2O1. The van der Waals surface area contributed by atoms with Crippen LogP contribution in [0.1, 0.15) is 11.7 Å². The van der Waals surface area contributed by atoms with E-state index in [2.05, 4.69) is 5.32 Å². The van der Waals surface area contributed by atoms with Crippen LogP contribution in [-0.2, 0) is 23.8 Å². The van der Waals surface area contributed by atoms with Gasteiger partial charge < -0.3 is 18.9 Å². The van der Waals surface area contributed by atoms with Crippen LogP contribution < -0.4 is 10.1 Å². The fraction of sp³-hybridized carbons (Fsp3) is 0.238. The largest absolute Gasteiger partial charge is 0.475 e. The maximum absolute atomic E-state index is 14.6. The summed E-state index contributed by atoms with van der Waals surface area (Å²) in [6.45, 7) is 0.448. The van der Waals surface area contributed by atoms with E-state index in [1.807, 2.05) is 0 Å². The van der Waals surface area contributed by atoms with Crippen molar-refractivity contribution in [2.45, 2.75) is 18.1 Å². The molecule has 4 rings (SSSR count). The molecule has 1 unspecified atom stereocenters. The van der Waals surface area contributed by atoms with Crippen LogP contribution in [0.3, 0.4) is 0 Å². The molecular formula is C21H17ClFNO6. The Morgan fingerprint density at radius 3 is 2.67 bits per heavy atom. The van der Waals surface area contributed by atoms with Gasteiger partial charge in [0.1, 0.15) is 0 Å². The van der Waals surface area contributed by atoms with Crippen molar-refractivity contribution < 1.29 is 32.9 Å². The minimum atomic E-state index is -1.92. The number of morpholine rings is 1. The number of ether oxygens (including phenoxy) is 4. The van der Waals surface area contributed by atoms with Crippen LogP contribution in [0.25, 0.3) is 0 Å². The van der Waals surface area contributed by atoms with E-state index in [0.29, 0.717) is 12.1 Å². The number of halogens is 2. The first-order valence-electron chi connectivity index (χ1n) is 9.14. The summed E-state index contributed by atoms with van der Waals surface area (Å²) in [5, 5.41) is 2.82. The monoisotopic (exact) mass is 433 g/mol. The Labute approximate surface area is 176 Å². The fourth-order valence-electron chi connectivity index (χ4n) is 3.29. The normalized spacial score (nSPS) is 25.7. The summed E-state index contributed by atoms with van der Waals surface area (Å²) in [5.41, 5.74) is 0.499. The van der Waals surface area contributed by atoms with Crippen molar-refractivity contribution in [3.05, 3.63) is 77.1 Å². The van der Waals surface area contributed by atoms with Crippen molar-refractivity contribution in [2.75, 3.05) is 13.2 Å². The molecule has 1 fully saturated rings. The first-order valence-corrected chi connectivity index (χ1v) is 9.52. The molecule has 0 spiro atoms. The van der Waals surface area contributed by atoms with Crippen molar-refractivity contribution >= 4 is 23.5 Å². The maximum Gasteiger partial charge on any atom is 0.333 e. The molecule has 3 atom stereocenters. The fourth-order valence-corrected chi connectivity index (χ4v) is 3.45. The predicted molar refractivity (Wildman–Crippen MR) is 103 cm³/mol. The van der Waals surface area contributed by atoms with Crippen molar-refractivity contribution in [1.82, 2.24) is 5.32 Å². The van der Waals surface area contributed by atoms with Crippen molar-refractivity contribution in [1.29, 1.82) is 0 Å². The number of fused-ring (bicyclic) bond motifs is 1. The molecule has 2 aliphatic rings. The number of carbonyl (C=O) groups excluding carboxylic acids is 2. The first-order chi connectivity index (χ1) is 14.5. The molecule has 0 bridgehead atoms. The van der Waals surface area contributed by atoms with E-state index in [1.165, 1.54) is 18.2 Å². The quantitative estimate of drug-likeness (QED) is 0.742. The number of benzene rings is 2. The average Bonchev–Trinajstić information content (AvgIpc) is 2.74. The molecule has 2 aromatic carbocycles. The van der Waals surface area contributed by atoms with E-state index in [1.54, 1.807) is 30.3 Å². The third kappa shape index (κ3) is 3.89. The third-order valence-electron chi connectivity index (χ3n) is 4.60. The van der Waals surface area contributed by atoms with Crippen LogP contribution in [0.2, 0.25) is 5.02 Å². The van der Waals surface area contributed by atoms with Gasteiger partial charge in [0.25, 0.3) is 0 Å². The lowest BCUT2D eigenvalue weighted by Gasteiger charge is -2.46. The van der Waals surface area contributed by atoms with Gasteiger partial charge in [-0.3, -0.25) is 5.32 Å². The highest BCUT2D eigenvalue weighted by atomic mass is 35.5. The molecule has 0 saturated carbocycles. The summed E-state index contributed by atoms with van der Waals surface area (Å²) in [7, 11) is 0. The molecule has 7 nitrogen and oxygen atoms in total. The molecule has 1 saturated heterocycles. The van der Waals surface area contributed by atoms with Gasteiger partial charge >= 0.3 is 17.7 Å². The van der Waals surface area contributed by atoms with E-state index in [0.717, 1.165) is 12.2 Å². The van der Waals surface area contributed by atoms with Gasteiger partial charge in [-0.1, -0.05) is 48.0 Å². The number of rotatable bonds is 4. The summed E-state index contributed by atoms with van der Waals surface area (Å²) in [4.78, 5) is 24.4. The minimum absolute atomic E-state index is 0.121. The Morgan fingerprint density at radius 1 is 1.10 bits per heavy atom. The van der Waals surface area contributed by atoms with Crippen molar-refractivity contribution in [3.8, 4) is 5.75 Å². The van der Waals surface area contributed by atoms with E-state index in [9.17, 15) is 14.0 Å². The van der Waals surface area contributed by atoms with E-state index < -0.39 is 35.9 Å². The van der Waals surface area contributed by atoms with Gasteiger partial charge in [-0.15, -0.1) is 0 Å². The summed E-state index contributed by atoms with van der Waals surface area (Å²) in [6, 6.07) is 12.9. The molecule has 0 aromatic heterocycles. The second-order valence-electron chi connectivity index (χ2n) is 6.56. The van der Waals surface area contributed by atoms with Crippen LogP contribution in [0.15, 0.2) is 60.7 Å². The van der Waals surface area contributed by atoms with E-state index >= 15 is 0 Å². The van der Waals surface area contributed by atoms with Gasteiger partial charge in [0, 0.05) is 18.7 Å². The highest BCUT2D eigenvalue weighted by Gasteiger charge is 2.57. The van der Waals surface area contributed by atoms with Crippen molar-refractivity contribution in [2.24, 2.45) is 0 Å². The molecule has 2 heterocycles. The molecule has 0 aliphatic carbocycles.